The van der Waals surface area contributed by atoms with E-state index in [2.05, 4.69) is 20.0 Å². The first-order valence-electron chi connectivity index (χ1n) is 10.8. The van der Waals surface area contributed by atoms with Crippen LogP contribution in [0.25, 0.3) is 0 Å². The van der Waals surface area contributed by atoms with Crippen LogP contribution >= 0.6 is 0 Å². The van der Waals surface area contributed by atoms with E-state index in [1.165, 1.54) is 6.07 Å². The number of aryl methyl sites for hydroxylation is 1. The third-order valence-electron chi connectivity index (χ3n) is 6.72. The highest BCUT2D eigenvalue weighted by Crippen LogP contribution is 2.26. The van der Waals surface area contributed by atoms with Gasteiger partial charge in [-0.3, -0.25) is 14.8 Å². The fraction of sp³-hybridized carbons (Fsp3) is 0.545. The number of piperidine rings is 1. The molecule has 1 aromatic heterocycles. The van der Waals surface area contributed by atoms with Crippen molar-refractivity contribution in [2.24, 2.45) is 0 Å². The Morgan fingerprint density at radius 2 is 1.90 bits per heavy atom. The topological polar surface area (TPSA) is 55.5 Å². The van der Waals surface area contributed by atoms with Gasteiger partial charge in [-0.2, -0.15) is 5.10 Å². The number of halogens is 1. The van der Waals surface area contributed by atoms with Gasteiger partial charge in [0.15, 0.2) is 5.69 Å². The fourth-order valence-electron chi connectivity index (χ4n) is 5.12. The van der Waals surface area contributed by atoms with Crippen molar-refractivity contribution in [3.8, 4) is 0 Å². The number of carbonyl (C=O) groups excluding carboxylic acids is 1. The molecule has 29 heavy (non-hydrogen) atoms. The Morgan fingerprint density at radius 3 is 2.72 bits per heavy atom. The molecule has 0 spiro atoms. The largest absolute Gasteiger partial charge is 0.367 e. The average Bonchev–Trinajstić information content (AvgIpc) is 3.38. The summed E-state index contributed by atoms with van der Waals surface area (Å²) >= 11 is 0. The van der Waals surface area contributed by atoms with Crippen LogP contribution in [0.5, 0.6) is 0 Å². The minimum absolute atomic E-state index is 0.0825. The average molecular weight is 397 g/mol. The van der Waals surface area contributed by atoms with E-state index in [1.54, 1.807) is 6.07 Å². The molecule has 6 nitrogen and oxygen atoms in total. The molecule has 3 aliphatic rings. The summed E-state index contributed by atoms with van der Waals surface area (Å²) in [7, 11) is 0. The van der Waals surface area contributed by atoms with Crippen molar-refractivity contribution in [2.45, 2.75) is 38.1 Å². The number of amides is 1. The van der Waals surface area contributed by atoms with E-state index in [9.17, 15) is 9.18 Å². The molecule has 2 aromatic rings. The van der Waals surface area contributed by atoms with E-state index in [-0.39, 0.29) is 11.7 Å². The zero-order valence-electron chi connectivity index (χ0n) is 16.7. The molecular formula is C22H28FN5O. The summed E-state index contributed by atoms with van der Waals surface area (Å²) in [5.74, 6) is -0.0685. The molecular weight excluding hydrogens is 369 g/mol. The maximum absolute atomic E-state index is 14.1. The van der Waals surface area contributed by atoms with Crippen molar-refractivity contribution in [3.05, 3.63) is 47.0 Å². The molecule has 2 saturated heterocycles. The highest BCUT2D eigenvalue weighted by molar-refractivity contribution is 5.94. The molecule has 154 valence electrons. The predicted octanol–water partition coefficient (Wildman–Crippen LogP) is 2.46. The molecule has 1 atom stereocenters. The van der Waals surface area contributed by atoms with Crippen LogP contribution in [-0.2, 0) is 12.8 Å². The number of para-hydroxylation sites is 1. The molecule has 1 aliphatic carbocycles. The second kappa shape index (κ2) is 7.78. The molecule has 1 amide bonds. The van der Waals surface area contributed by atoms with E-state index in [1.807, 2.05) is 17.0 Å². The number of aromatic amines is 1. The lowest BCUT2D eigenvalue weighted by Crippen LogP contribution is -2.56. The number of hydrogen-bond acceptors (Lipinski definition) is 4. The second-order valence-corrected chi connectivity index (χ2v) is 8.40. The van der Waals surface area contributed by atoms with Gasteiger partial charge >= 0.3 is 0 Å². The molecule has 0 bridgehead atoms. The van der Waals surface area contributed by atoms with Gasteiger partial charge in [0.05, 0.1) is 5.69 Å². The van der Waals surface area contributed by atoms with E-state index < -0.39 is 0 Å². The minimum Gasteiger partial charge on any atom is -0.367 e. The van der Waals surface area contributed by atoms with Gasteiger partial charge in [0.1, 0.15) is 5.82 Å². The Morgan fingerprint density at radius 1 is 1.07 bits per heavy atom. The van der Waals surface area contributed by atoms with Crippen LogP contribution in [0.3, 0.4) is 0 Å². The molecule has 2 aliphatic heterocycles. The Labute approximate surface area is 170 Å². The molecule has 2 fully saturated rings. The Kier molecular flexibility index (Phi) is 4.99. The van der Waals surface area contributed by atoms with Crippen molar-refractivity contribution in [1.29, 1.82) is 0 Å². The zero-order valence-corrected chi connectivity index (χ0v) is 16.7. The van der Waals surface area contributed by atoms with Crippen LogP contribution in [0.15, 0.2) is 24.3 Å². The predicted molar refractivity (Wildman–Crippen MR) is 110 cm³/mol. The highest BCUT2D eigenvalue weighted by atomic mass is 19.1. The Balaban J connectivity index is 1.21. The summed E-state index contributed by atoms with van der Waals surface area (Å²) in [6.07, 6.45) is 5.21. The first kappa shape index (κ1) is 18.6. The normalized spacial score (nSPS) is 22.7. The lowest BCUT2D eigenvalue weighted by molar-refractivity contribution is 0.0557. The number of benzene rings is 1. The third-order valence-corrected chi connectivity index (χ3v) is 6.72. The van der Waals surface area contributed by atoms with Crippen LogP contribution in [-0.4, -0.2) is 71.2 Å². The zero-order chi connectivity index (χ0) is 19.8. The van der Waals surface area contributed by atoms with Gasteiger partial charge in [0.2, 0.25) is 0 Å². The van der Waals surface area contributed by atoms with Gasteiger partial charge in [-0.05, 0) is 44.2 Å². The molecule has 5 rings (SSSR count). The summed E-state index contributed by atoms with van der Waals surface area (Å²) < 4.78 is 14.1. The first-order chi connectivity index (χ1) is 14.2. The fourth-order valence-corrected chi connectivity index (χ4v) is 5.12. The van der Waals surface area contributed by atoms with Gasteiger partial charge in [-0.1, -0.05) is 12.1 Å². The number of rotatable bonds is 3. The first-order valence-corrected chi connectivity index (χ1v) is 10.8. The number of fused-ring (bicyclic) bond motifs is 1. The summed E-state index contributed by atoms with van der Waals surface area (Å²) in [5, 5.41) is 7.39. The SMILES string of the molecule is O=C(c1n[nH]c2c1CCC2)N1CCCC(N2CCN(c3ccccc3F)CC2)C1. The van der Waals surface area contributed by atoms with Crippen molar-refractivity contribution < 1.29 is 9.18 Å². The monoisotopic (exact) mass is 397 g/mol. The van der Waals surface area contributed by atoms with Crippen molar-refractivity contribution >= 4 is 11.6 Å². The van der Waals surface area contributed by atoms with Crippen LogP contribution in [0.2, 0.25) is 0 Å². The quantitative estimate of drug-likeness (QED) is 0.865. The summed E-state index contributed by atoms with van der Waals surface area (Å²) in [6, 6.07) is 7.38. The number of piperazine rings is 1. The summed E-state index contributed by atoms with van der Waals surface area (Å²) in [5.41, 5.74) is 3.62. The maximum atomic E-state index is 14.1. The molecule has 1 N–H and O–H groups in total. The van der Waals surface area contributed by atoms with Gasteiger partial charge < -0.3 is 9.80 Å². The maximum Gasteiger partial charge on any atom is 0.274 e. The summed E-state index contributed by atoms with van der Waals surface area (Å²) in [6.45, 7) is 5.01. The smallest absolute Gasteiger partial charge is 0.274 e. The summed E-state index contributed by atoms with van der Waals surface area (Å²) in [4.78, 5) is 19.7. The number of nitrogens with one attached hydrogen (secondary N) is 1. The van der Waals surface area contributed by atoms with Gasteiger partial charge in [0.25, 0.3) is 5.91 Å². The lowest BCUT2D eigenvalue weighted by Gasteiger charge is -2.43. The van der Waals surface area contributed by atoms with E-state index >= 15 is 0 Å². The number of H-pyrrole nitrogens is 1. The number of nitrogens with zero attached hydrogens (tertiary/aromatic N) is 4. The highest BCUT2D eigenvalue weighted by Gasteiger charge is 2.33. The lowest BCUT2D eigenvalue weighted by atomic mass is 10.0. The molecule has 1 unspecified atom stereocenters. The van der Waals surface area contributed by atoms with Gasteiger partial charge in [-0.25, -0.2) is 4.39 Å². The number of aromatic nitrogens is 2. The Bertz CT molecular complexity index is 889. The molecule has 7 heteroatoms. The molecule has 3 heterocycles. The van der Waals surface area contributed by atoms with E-state index in [0.29, 0.717) is 17.4 Å². The van der Waals surface area contributed by atoms with Crippen LogP contribution in [0, 0.1) is 5.82 Å². The van der Waals surface area contributed by atoms with Crippen LogP contribution in [0.1, 0.15) is 41.0 Å². The van der Waals surface area contributed by atoms with E-state index in [4.69, 9.17) is 0 Å². The second-order valence-electron chi connectivity index (χ2n) is 8.40. The molecule has 0 radical (unpaired) electrons. The van der Waals surface area contributed by atoms with Crippen molar-refractivity contribution in [1.82, 2.24) is 20.0 Å². The van der Waals surface area contributed by atoms with Crippen LogP contribution < -0.4 is 4.90 Å². The third kappa shape index (κ3) is 3.52. The van der Waals surface area contributed by atoms with E-state index in [0.717, 1.165) is 82.6 Å². The number of likely N-dealkylation sites (tertiary alicyclic amines) is 1. The van der Waals surface area contributed by atoms with Crippen molar-refractivity contribution in [2.75, 3.05) is 44.2 Å². The van der Waals surface area contributed by atoms with Crippen molar-refractivity contribution in [3.63, 3.8) is 0 Å². The Hall–Kier alpha value is -2.41. The minimum atomic E-state index is -0.151. The van der Waals surface area contributed by atoms with Gasteiger partial charge in [0, 0.05) is 56.6 Å². The molecule has 1 aromatic carbocycles. The molecule has 0 saturated carbocycles. The standard InChI is InChI=1S/C22H28FN5O/c23-18-7-1-2-9-20(18)27-13-11-26(12-14-27)16-5-4-10-28(15-16)22(29)21-17-6-3-8-19(17)24-25-21/h1-2,7,9,16H,3-6,8,10-15H2,(H,24,25). The number of anilines is 1. The van der Waals surface area contributed by atoms with Crippen LogP contribution in [0.4, 0.5) is 10.1 Å². The van der Waals surface area contributed by atoms with Gasteiger partial charge in [-0.15, -0.1) is 0 Å². The number of hydrogen-bond donors (Lipinski definition) is 1. The number of carbonyl (C=O) groups is 1.